The summed E-state index contributed by atoms with van der Waals surface area (Å²) in [5.41, 5.74) is 1.15. The summed E-state index contributed by atoms with van der Waals surface area (Å²) in [5.74, 6) is -1.05. The van der Waals surface area contributed by atoms with Gasteiger partial charge >= 0.3 is 0 Å². The molecule has 0 bridgehead atoms. The quantitative estimate of drug-likeness (QED) is 0.421. The van der Waals surface area contributed by atoms with Gasteiger partial charge in [0.2, 0.25) is 5.78 Å². The molecule has 3 rings (SSSR count). The van der Waals surface area contributed by atoms with Crippen molar-refractivity contribution >= 4 is 17.4 Å². The van der Waals surface area contributed by atoms with Crippen molar-refractivity contribution in [2.45, 2.75) is 12.5 Å². The smallest absolute Gasteiger partial charge is 0.295 e. The largest absolute Gasteiger partial charge is 0.872 e. The average Bonchev–Trinajstić information content (AvgIpc) is 2.98. The summed E-state index contributed by atoms with van der Waals surface area (Å²) in [6.45, 7) is 1.27. The van der Waals surface area contributed by atoms with Crippen molar-refractivity contribution in [3.05, 3.63) is 71.3 Å². The number of carbonyl (C=O) groups is 2. The van der Waals surface area contributed by atoms with E-state index in [9.17, 15) is 14.7 Å². The first-order chi connectivity index (χ1) is 13.9. The van der Waals surface area contributed by atoms with E-state index in [0.717, 1.165) is 18.5 Å². The fourth-order valence-electron chi connectivity index (χ4n) is 3.58. The summed E-state index contributed by atoms with van der Waals surface area (Å²) in [5, 5.41) is 13.2. The Labute approximate surface area is 171 Å². The lowest BCUT2D eigenvalue weighted by Crippen LogP contribution is -3.05. The standard InChI is InChI=1S/C23H26N2O4/c1-24(2)14-7-15-25-20(16-10-12-18(29-3)13-11-16)19(22(27)23(25)28)21(26)17-8-5-4-6-9-17/h4-6,8-13,20,26H,7,14-15H2,1-3H3. The molecule has 152 valence electrons. The van der Waals surface area contributed by atoms with Crippen molar-refractivity contribution in [1.29, 1.82) is 0 Å². The number of benzene rings is 2. The minimum atomic E-state index is -0.711. The monoisotopic (exact) mass is 394 g/mol. The molecule has 6 heteroatoms. The highest BCUT2D eigenvalue weighted by molar-refractivity contribution is 6.46. The molecule has 1 amide bonds. The first-order valence-corrected chi connectivity index (χ1v) is 9.69. The van der Waals surface area contributed by atoms with Gasteiger partial charge < -0.3 is 19.6 Å². The van der Waals surface area contributed by atoms with Crippen LogP contribution in [0.25, 0.3) is 5.76 Å². The number of Topliss-reactive ketones (excluding diaryl/α,β-unsaturated/α-hetero) is 1. The molecule has 1 saturated heterocycles. The normalized spacial score (nSPS) is 18.5. The highest BCUT2D eigenvalue weighted by Crippen LogP contribution is 2.39. The molecule has 0 aromatic heterocycles. The molecular formula is C23H26N2O4. The van der Waals surface area contributed by atoms with Crippen LogP contribution in [-0.4, -0.2) is 50.9 Å². The summed E-state index contributed by atoms with van der Waals surface area (Å²) < 4.78 is 5.21. The third kappa shape index (κ3) is 4.32. The molecule has 1 aliphatic heterocycles. The zero-order chi connectivity index (χ0) is 21.0. The number of ketones is 1. The lowest BCUT2D eigenvalue weighted by Gasteiger charge is -2.27. The molecule has 1 atom stereocenters. The predicted octanol–water partition coefficient (Wildman–Crippen LogP) is 0.454. The Morgan fingerprint density at radius 3 is 2.31 bits per heavy atom. The maximum atomic E-state index is 13.2. The lowest BCUT2D eigenvalue weighted by molar-refractivity contribution is -0.858. The highest BCUT2D eigenvalue weighted by atomic mass is 16.5. The molecule has 0 spiro atoms. The van der Waals surface area contributed by atoms with Gasteiger partial charge in [-0.25, -0.2) is 0 Å². The third-order valence-corrected chi connectivity index (χ3v) is 5.07. The van der Waals surface area contributed by atoms with E-state index in [1.165, 1.54) is 9.80 Å². The van der Waals surface area contributed by atoms with Crippen molar-refractivity contribution < 1.29 is 24.3 Å². The van der Waals surface area contributed by atoms with Crippen LogP contribution in [0.1, 0.15) is 23.6 Å². The summed E-state index contributed by atoms with van der Waals surface area (Å²) in [7, 11) is 5.65. The second kappa shape index (κ2) is 8.92. The summed E-state index contributed by atoms with van der Waals surface area (Å²) in [6, 6.07) is 15.1. The van der Waals surface area contributed by atoms with E-state index in [1.54, 1.807) is 61.7 Å². The van der Waals surface area contributed by atoms with Crippen LogP contribution < -0.4 is 14.7 Å². The zero-order valence-corrected chi connectivity index (χ0v) is 17.0. The first kappa shape index (κ1) is 20.6. The molecule has 1 fully saturated rings. The first-order valence-electron chi connectivity index (χ1n) is 9.69. The molecule has 1 aliphatic rings. The van der Waals surface area contributed by atoms with Gasteiger partial charge in [0.15, 0.2) is 0 Å². The van der Waals surface area contributed by atoms with Gasteiger partial charge in [-0.2, -0.15) is 0 Å². The summed E-state index contributed by atoms with van der Waals surface area (Å²) in [6.07, 6.45) is 0.737. The van der Waals surface area contributed by atoms with Crippen LogP contribution in [0, 0.1) is 0 Å². The molecule has 2 aromatic carbocycles. The molecule has 29 heavy (non-hydrogen) atoms. The Bertz CT molecular complexity index is 904. The van der Waals surface area contributed by atoms with Crippen molar-refractivity contribution in [2.24, 2.45) is 0 Å². The SMILES string of the molecule is COc1ccc(C2C(=C([O-])c3ccccc3)C(=O)C(=O)N2CCC[NH+](C)C)cc1. The molecule has 0 saturated carbocycles. The summed E-state index contributed by atoms with van der Waals surface area (Å²) >= 11 is 0. The van der Waals surface area contributed by atoms with Crippen LogP contribution in [0.2, 0.25) is 0 Å². The number of methoxy groups -OCH3 is 1. The number of carbonyl (C=O) groups excluding carboxylic acids is 2. The van der Waals surface area contributed by atoms with Crippen LogP contribution >= 0.6 is 0 Å². The minimum absolute atomic E-state index is 0.0172. The van der Waals surface area contributed by atoms with Gasteiger partial charge in [-0.05, 0) is 23.3 Å². The molecule has 0 aliphatic carbocycles. The number of amides is 1. The Hall–Kier alpha value is -3.12. The van der Waals surface area contributed by atoms with E-state index < -0.39 is 23.5 Å². The number of hydrogen-bond acceptors (Lipinski definition) is 4. The van der Waals surface area contributed by atoms with Crippen LogP contribution in [0.3, 0.4) is 0 Å². The van der Waals surface area contributed by atoms with Gasteiger partial charge in [0.05, 0.1) is 33.8 Å². The average molecular weight is 394 g/mol. The van der Waals surface area contributed by atoms with E-state index in [-0.39, 0.29) is 5.57 Å². The number of nitrogens with one attached hydrogen (secondary N) is 1. The van der Waals surface area contributed by atoms with Crippen molar-refractivity contribution in [3.8, 4) is 5.75 Å². The molecule has 2 aromatic rings. The highest BCUT2D eigenvalue weighted by Gasteiger charge is 2.43. The number of quaternary nitrogens is 1. The van der Waals surface area contributed by atoms with Crippen LogP contribution in [0.4, 0.5) is 0 Å². The van der Waals surface area contributed by atoms with Crippen molar-refractivity contribution in [3.63, 3.8) is 0 Å². The lowest BCUT2D eigenvalue weighted by atomic mass is 9.95. The maximum Gasteiger partial charge on any atom is 0.295 e. The van der Waals surface area contributed by atoms with Crippen LogP contribution in [0.5, 0.6) is 5.75 Å². The third-order valence-electron chi connectivity index (χ3n) is 5.07. The van der Waals surface area contributed by atoms with Crippen LogP contribution in [0.15, 0.2) is 60.2 Å². The van der Waals surface area contributed by atoms with E-state index in [0.29, 0.717) is 17.9 Å². The molecule has 1 heterocycles. The van der Waals surface area contributed by atoms with E-state index >= 15 is 0 Å². The molecule has 6 nitrogen and oxygen atoms in total. The maximum absolute atomic E-state index is 13.2. The molecule has 0 radical (unpaired) electrons. The fourth-order valence-corrected chi connectivity index (χ4v) is 3.58. The number of rotatable bonds is 7. The predicted molar refractivity (Wildman–Crippen MR) is 108 cm³/mol. The van der Waals surface area contributed by atoms with Gasteiger partial charge in [-0.15, -0.1) is 0 Å². The Balaban J connectivity index is 2.06. The number of ether oxygens (including phenoxy) is 1. The van der Waals surface area contributed by atoms with Crippen molar-refractivity contribution in [2.75, 3.05) is 34.3 Å². The van der Waals surface area contributed by atoms with E-state index in [1.807, 2.05) is 14.1 Å². The second-order valence-corrected chi connectivity index (χ2v) is 7.42. The van der Waals surface area contributed by atoms with Gasteiger partial charge in [-0.1, -0.05) is 48.2 Å². The zero-order valence-electron chi connectivity index (χ0n) is 17.0. The van der Waals surface area contributed by atoms with E-state index in [2.05, 4.69) is 0 Å². The van der Waals surface area contributed by atoms with Gasteiger partial charge in [-0.3, -0.25) is 9.59 Å². The van der Waals surface area contributed by atoms with Gasteiger partial charge in [0.25, 0.3) is 5.91 Å². The molecule has 1 unspecified atom stereocenters. The number of likely N-dealkylation sites (tertiary alicyclic amines) is 1. The Morgan fingerprint density at radius 2 is 1.72 bits per heavy atom. The Morgan fingerprint density at radius 1 is 1.07 bits per heavy atom. The van der Waals surface area contributed by atoms with E-state index in [4.69, 9.17) is 4.74 Å². The molecule has 1 N–H and O–H groups in total. The number of nitrogens with zero attached hydrogens (tertiary/aromatic N) is 1. The minimum Gasteiger partial charge on any atom is -0.872 e. The summed E-state index contributed by atoms with van der Waals surface area (Å²) in [4.78, 5) is 28.5. The van der Waals surface area contributed by atoms with Gasteiger partial charge in [0, 0.05) is 18.5 Å². The van der Waals surface area contributed by atoms with Crippen LogP contribution in [-0.2, 0) is 9.59 Å². The fraction of sp³-hybridized carbons (Fsp3) is 0.304. The second-order valence-electron chi connectivity index (χ2n) is 7.42. The van der Waals surface area contributed by atoms with Crippen molar-refractivity contribution in [1.82, 2.24) is 4.90 Å². The number of hydrogen-bond donors (Lipinski definition) is 1. The molecular weight excluding hydrogens is 368 g/mol. The topological polar surface area (TPSA) is 74.1 Å². The van der Waals surface area contributed by atoms with Gasteiger partial charge in [0.1, 0.15) is 5.75 Å². The Kier molecular flexibility index (Phi) is 6.34.